The lowest BCUT2D eigenvalue weighted by molar-refractivity contribution is 0.00441. The molecule has 1 unspecified atom stereocenters. The lowest BCUT2D eigenvalue weighted by atomic mass is 10.2. The van der Waals surface area contributed by atoms with E-state index in [1.165, 1.54) is 11.1 Å². The van der Waals surface area contributed by atoms with E-state index in [1.807, 2.05) is 0 Å². The van der Waals surface area contributed by atoms with Crippen LogP contribution >= 0.6 is 11.6 Å². The van der Waals surface area contributed by atoms with Gasteiger partial charge in [0.25, 0.3) is 0 Å². The lowest BCUT2D eigenvalue weighted by Gasteiger charge is -2.33. The molecule has 0 saturated carbocycles. The fraction of sp³-hybridized carbons (Fsp3) is 0.294. The third-order valence-electron chi connectivity index (χ3n) is 4.46. The summed E-state index contributed by atoms with van der Waals surface area (Å²) in [7, 11) is 0. The second-order valence-corrected chi connectivity index (χ2v) is 6.66. The third-order valence-corrected chi connectivity index (χ3v) is 4.67. The fourth-order valence-electron chi connectivity index (χ4n) is 3.07. The maximum Gasteiger partial charge on any atom is 0.407 e. The van der Waals surface area contributed by atoms with Crippen molar-refractivity contribution in [1.29, 1.82) is 0 Å². The lowest BCUT2D eigenvalue weighted by Crippen LogP contribution is -2.51. The quantitative estimate of drug-likeness (QED) is 0.609. The molecular formula is C17H16ClFN6O3. The van der Waals surface area contributed by atoms with E-state index < -0.39 is 18.0 Å². The zero-order valence-electron chi connectivity index (χ0n) is 14.5. The Morgan fingerprint density at radius 1 is 1.46 bits per heavy atom. The van der Waals surface area contributed by atoms with Gasteiger partial charge in [-0.3, -0.25) is 4.90 Å². The first kappa shape index (κ1) is 18.4. The van der Waals surface area contributed by atoms with Crippen LogP contribution in [0.4, 0.5) is 15.0 Å². The van der Waals surface area contributed by atoms with Crippen LogP contribution in [0.1, 0.15) is 0 Å². The molecule has 0 radical (unpaired) electrons. The van der Waals surface area contributed by atoms with Crippen molar-refractivity contribution in [1.82, 2.24) is 24.8 Å². The highest BCUT2D eigenvalue weighted by atomic mass is 35.5. The minimum absolute atomic E-state index is 0.0229. The van der Waals surface area contributed by atoms with Gasteiger partial charge in [-0.25, -0.2) is 24.1 Å². The molecule has 1 fully saturated rings. The SMILES string of the molecule is O=C(O)N1CCOCC1CNc1nc(-c2c[nH]c3ncc(Cl)cc23)ncc1F. The second kappa shape index (κ2) is 7.56. The number of nitrogens with zero attached hydrogens (tertiary/aromatic N) is 4. The Morgan fingerprint density at radius 3 is 3.14 bits per heavy atom. The Bertz CT molecular complexity index is 1030. The average Bonchev–Trinajstić information content (AvgIpc) is 3.10. The van der Waals surface area contributed by atoms with Gasteiger partial charge in [-0.05, 0) is 6.07 Å². The Morgan fingerprint density at radius 2 is 2.32 bits per heavy atom. The monoisotopic (exact) mass is 406 g/mol. The van der Waals surface area contributed by atoms with Crippen molar-refractivity contribution in [2.24, 2.45) is 0 Å². The number of hydrogen-bond donors (Lipinski definition) is 3. The average molecular weight is 407 g/mol. The number of halogens is 2. The van der Waals surface area contributed by atoms with Crippen molar-refractivity contribution >= 4 is 34.5 Å². The molecular weight excluding hydrogens is 391 g/mol. The third kappa shape index (κ3) is 3.56. The van der Waals surface area contributed by atoms with Gasteiger partial charge in [0, 0.05) is 36.4 Å². The summed E-state index contributed by atoms with van der Waals surface area (Å²) in [6.45, 7) is 0.987. The number of morpholine rings is 1. The molecule has 0 bridgehead atoms. The Balaban J connectivity index is 1.58. The fourth-order valence-corrected chi connectivity index (χ4v) is 3.23. The molecule has 1 aliphatic heterocycles. The van der Waals surface area contributed by atoms with Crippen molar-refractivity contribution in [2.45, 2.75) is 6.04 Å². The maximum absolute atomic E-state index is 14.2. The van der Waals surface area contributed by atoms with Gasteiger partial charge < -0.3 is 20.1 Å². The Labute approximate surface area is 163 Å². The first-order valence-electron chi connectivity index (χ1n) is 8.49. The Kier molecular flexibility index (Phi) is 4.97. The highest BCUT2D eigenvalue weighted by molar-refractivity contribution is 6.31. The summed E-state index contributed by atoms with van der Waals surface area (Å²) in [5, 5.41) is 13.3. The van der Waals surface area contributed by atoms with E-state index in [0.29, 0.717) is 28.2 Å². The van der Waals surface area contributed by atoms with E-state index in [-0.39, 0.29) is 31.3 Å². The predicted molar refractivity (Wildman–Crippen MR) is 99.9 cm³/mol. The normalized spacial score (nSPS) is 17.1. The number of ether oxygens (including phenoxy) is 1. The largest absolute Gasteiger partial charge is 0.465 e. The van der Waals surface area contributed by atoms with Crippen molar-refractivity contribution in [3.63, 3.8) is 0 Å². The molecule has 11 heteroatoms. The number of H-pyrrole nitrogens is 1. The van der Waals surface area contributed by atoms with Crippen LogP contribution in [0.25, 0.3) is 22.4 Å². The van der Waals surface area contributed by atoms with Crippen LogP contribution in [-0.2, 0) is 4.74 Å². The summed E-state index contributed by atoms with van der Waals surface area (Å²) in [6.07, 6.45) is 3.21. The summed E-state index contributed by atoms with van der Waals surface area (Å²) in [6, 6.07) is 1.28. The van der Waals surface area contributed by atoms with E-state index >= 15 is 0 Å². The first-order valence-corrected chi connectivity index (χ1v) is 8.87. The molecule has 1 amide bonds. The standard InChI is InChI=1S/C17H16ClFN6O3/c18-9-3-11-12(6-22-14(11)20-4-9)15-23-7-13(19)16(24-15)21-5-10-8-28-2-1-25(10)17(26)27/h3-4,6-7,10H,1-2,5,8H2,(H,20,22)(H,26,27)(H,21,23,24). The van der Waals surface area contributed by atoms with Crippen LogP contribution in [0.5, 0.6) is 0 Å². The molecule has 146 valence electrons. The van der Waals surface area contributed by atoms with Crippen LogP contribution in [-0.4, -0.2) is 68.4 Å². The smallest absolute Gasteiger partial charge is 0.407 e. The number of nitrogens with one attached hydrogen (secondary N) is 2. The molecule has 3 aromatic heterocycles. The number of aromatic nitrogens is 4. The number of aromatic amines is 1. The predicted octanol–water partition coefficient (Wildman–Crippen LogP) is 2.60. The van der Waals surface area contributed by atoms with Crippen LogP contribution in [0.3, 0.4) is 0 Å². The number of anilines is 1. The molecule has 1 saturated heterocycles. The highest BCUT2D eigenvalue weighted by Crippen LogP contribution is 2.28. The molecule has 4 heterocycles. The van der Waals surface area contributed by atoms with E-state index in [2.05, 4.69) is 25.3 Å². The number of pyridine rings is 1. The van der Waals surface area contributed by atoms with Crippen LogP contribution in [0.2, 0.25) is 5.02 Å². The van der Waals surface area contributed by atoms with Crippen LogP contribution in [0.15, 0.2) is 24.7 Å². The molecule has 3 aromatic rings. The summed E-state index contributed by atoms with van der Waals surface area (Å²) in [5.74, 6) is -0.377. The van der Waals surface area contributed by atoms with Gasteiger partial charge in [-0.2, -0.15) is 0 Å². The maximum atomic E-state index is 14.2. The summed E-state index contributed by atoms with van der Waals surface area (Å²) in [4.78, 5) is 28.1. The number of hydrogen-bond acceptors (Lipinski definition) is 6. The number of rotatable bonds is 4. The molecule has 4 rings (SSSR count). The van der Waals surface area contributed by atoms with E-state index in [9.17, 15) is 14.3 Å². The molecule has 1 aliphatic rings. The van der Waals surface area contributed by atoms with Gasteiger partial charge in [-0.15, -0.1) is 0 Å². The van der Waals surface area contributed by atoms with Crippen LogP contribution in [0, 0.1) is 5.82 Å². The van der Waals surface area contributed by atoms with Gasteiger partial charge in [0.05, 0.1) is 30.5 Å². The zero-order chi connectivity index (χ0) is 19.7. The molecule has 28 heavy (non-hydrogen) atoms. The highest BCUT2D eigenvalue weighted by Gasteiger charge is 2.27. The zero-order valence-corrected chi connectivity index (χ0v) is 15.3. The molecule has 1 atom stereocenters. The molecule has 0 aromatic carbocycles. The van der Waals surface area contributed by atoms with E-state index in [0.717, 1.165) is 6.20 Å². The Hall–Kier alpha value is -2.98. The van der Waals surface area contributed by atoms with Gasteiger partial charge in [0.1, 0.15) is 5.65 Å². The molecule has 9 nitrogen and oxygen atoms in total. The number of amides is 1. The first-order chi connectivity index (χ1) is 13.5. The van der Waals surface area contributed by atoms with Gasteiger partial charge in [-0.1, -0.05) is 11.6 Å². The van der Waals surface area contributed by atoms with Crippen molar-refractivity contribution < 1.29 is 19.0 Å². The van der Waals surface area contributed by atoms with Crippen molar-refractivity contribution in [3.05, 3.63) is 35.5 Å². The topological polar surface area (TPSA) is 116 Å². The van der Waals surface area contributed by atoms with E-state index in [1.54, 1.807) is 12.3 Å². The number of carboxylic acid groups (broad SMARTS) is 1. The molecule has 0 aliphatic carbocycles. The van der Waals surface area contributed by atoms with Crippen molar-refractivity contribution in [2.75, 3.05) is 31.6 Å². The number of carbonyl (C=O) groups is 1. The van der Waals surface area contributed by atoms with Gasteiger partial charge in [0.15, 0.2) is 17.5 Å². The summed E-state index contributed by atoms with van der Waals surface area (Å²) in [5.41, 5.74) is 1.24. The van der Waals surface area contributed by atoms with Crippen LogP contribution < -0.4 is 5.32 Å². The minimum Gasteiger partial charge on any atom is -0.465 e. The second-order valence-electron chi connectivity index (χ2n) is 6.23. The molecule has 0 spiro atoms. The summed E-state index contributed by atoms with van der Waals surface area (Å²) < 4.78 is 19.5. The summed E-state index contributed by atoms with van der Waals surface area (Å²) >= 11 is 6.01. The molecule has 3 N–H and O–H groups in total. The van der Waals surface area contributed by atoms with Gasteiger partial charge in [0.2, 0.25) is 0 Å². The number of fused-ring (bicyclic) bond motifs is 1. The van der Waals surface area contributed by atoms with Crippen molar-refractivity contribution in [3.8, 4) is 11.4 Å². The van der Waals surface area contributed by atoms with Gasteiger partial charge >= 0.3 is 6.09 Å². The minimum atomic E-state index is -1.04. The van der Waals surface area contributed by atoms with E-state index in [4.69, 9.17) is 16.3 Å².